The second-order valence-corrected chi connectivity index (χ2v) is 11.4. The number of carbonyl (C=O) groups excluding carboxylic acids is 2. The maximum atomic E-state index is 12.8. The summed E-state index contributed by atoms with van der Waals surface area (Å²) in [5.74, 6) is 0.187. The van der Waals surface area contributed by atoms with Crippen molar-refractivity contribution in [2.75, 3.05) is 15.8 Å². The van der Waals surface area contributed by atoms with E-state index in [2.05, 4.69) is 15.0 Å². The van der Waals surface area contributed by atoms with Crippen molar-refractivity contribution in [1.82, 2.24) is 9.88 Å². The molecule has 10 heteroatoms. The minimum Gasteiger partial charge on any atom is -0.322 e. The molecule has 0 aliphatic carbocycles. The Morgan fingerprint density at radius 3 is 2.34 bits per heavy atom. The van der Waals surface area contributed by atoms with Crippen molar-refractivity contribution in [1.29, 1.82) is 0 Å². The van der Waals surface area contributed by atoms with E-state index in [0.717, 1.165) is 11.1 Å². The standard InChI is InChI=1S/C28H24N4O4S2/c33-26-19-37-28(32(26)18-20-5-2-1-3-6-20)22-10-8-21(9-11-22)27(34)30-23-12-14-25(15-13-23)38(35,36)31-24-7-4-16-29-17-24/h1-17,28,31H,18-19H2,(H,30,34)/t28-/m0/s1. The Kier molecular flexibility index (Phi) is 7.43. The topological polar surface area (TPSA) is 108 Å². The van der Waals surface area contributed by atoms with Gasteiger partial charge in [-0.2, -0.15) is 0 Å². The van der Waals surface area contributed by atoms with E-state index in [1.165, 1.54) is 30.5 Å². The molecular weight excluding hydrogens is 520 g/mol. The summed E-state index contributed by atoms with van der Waals surface area (Å²) in [4.78, 5) is 31.1. The molecule has 1 saturated heterocycles. The second kappa shape index (κ2) is 11.1. The van der Waals surface area contributed by atoms with Crippen molar-refractivity contribution in [3.05, 3.63) is 120 Å². The highest BCUT2D eigenvalue weighted by molar-refractivity contribution is 8.00. The van der Waals surface area contributed by atoms with Crippen LogP contribution in [0.1, 0.15) is 26.9 Å². The van der Waals surface area contributed by atoms with Gasteiger partial charge >= 0.3 is 0 Å². The maximum absolute atomic E-state index is 12.8. The highest BCUT2D eigenvalue weighted by Gasteiger charge is 2.32. The van der Waals surface area contributed by atoms with Crippen LogP contribution in [0.4, 0.5) is 11.4 Å². The van der Waals surface area contributed by atoms with Crippen LogP contribution in [0, 0.1) is 0 Å². The molecular formula is C28H24N4O4S2. The van der Waals surface area contributed by atoms with Crippen LogP contribution in [-0.2, 0) is 21.4 Å². The zero-order chi connectivity index (χ0) is 26.5. The van der Waals surface area contributed by atoms with Crippen LogP contribution < -0.4 is 10.0 Å². The highest BCUT2D eigenvalue weighted by Crippen LogP contribution is 2.39. The van der Waals surface area contributed by atoms with E-state index < -0.39 is 10.0 Å². The number of carbonyl (C=O) groups is 2. The van der Waals surface area contributed by atoms with Crippen molar-refractivity contribution in [2.45, 2.75) is 16.8 Å². The van der Waals surface area contributed by atoms with Gasteiger partial charge in [0.05, 0.1) is 22.5 Å². The Bertz CT molecular complexity index is 1530. The summed E-state index contributed by atoms with van der Waals surface area (Å²) in [7, 11) is -3.78. The summed E-state index contributed by atoms with van der Waals surface area (Å²) in [6, 6.07) is 26.2. The summed E-state index contributed by atoms with van der Waals surface area (Å²) in [6.45, 7) is 0.531. The largest absolute Gasteiger partial charge is 0.322 e. The van der Waals surface area contributed by atoms with Gasteiger partial charge in [0.1, 0.15) is 5.37 Å². The van der Waals surface area contributed by atoms with Crippen LogP contribution in [0.3, 0.4) is 0 Å². The number of aromatic nitrogens is 1. The summed E-state index contributed by atoms with van der Waals surface area (Å²) >= 11 is 1.57. The third kappa shape index (κ3) is 5.87. The predicted octanol–water partition coefficient (Wildman–Crippen LogP) is 4.91. The molecule has 0 bridgehead atoms. The third-order valence-corrected chi connectivity index (χ3v) is 8.61. The number of thioether (sulfide) groups is 1. The van der Waals surface area contributed by atoms with Crippen LogP contribution in [0.5, 0.6) is 0 Å². The van der Waals surface area contributed by atoms with Gasteiger partial charge in [-0.05, 0) is 59.7 Å². The minimum absolute atomic E-state index is 0.0624. The van der Waals surface area contributed by atoms with Crippen molar-refractivity contribution in [3.8, 4) is 0 Å². The van der Waals surface area contributed by atoms with Crippen molar-refractivity contribution < 1.29 is 18.0 Å². The fraction of sp³-hybridized carbons (Fsp3) is 0.107. The number of rotatable bonds is 8. The van der Waals surface area contributed by atoms with E-state index in [4.69, 9.17) is 0 Å². The van der Waals surface area contributed by atoms with E-state index in [9.17, 15) is 18.0 Å². The van der Waals surface area contributed by atoms with E-state index in [0.29, 0.717) is 29.2 Å². The fourth-order valence-corrected chi connectivity index (χ4v) is 6.27. The number of sulfonamides is 1. The first-order valence-corrected chi connectivity index (χ1v) is 14.3. The second-order valence-electron chi connectivity index (χ2n) is 8.62. The summed E-state index contributed by atoms with van der Waals surface area (Å²) in [5, 5.41) is 2.67. The lowest BCUT2D eigenvalue weighted by Gasteiger charge is -2.24. The molecule has 0 unspecified atom stereocenters. The zero-order valence-corrected chi connectivity index (χ0v) is 21.8. The van der Waals surface area contributed by atoms with Crippen LogP contribution in [0.25, 0.3) is 0 Å². The number of amides is 2. The van der Waals surface area contributed by atoms with E-state index >= 15 is 0 Å². The van der Waals surface area contributed by atoms with Gasteiger partial charge in [0.2, 0.25) is 5.91 Å². The lowest BCUT2D eigenvalue weighted by atomic mass is 10.1. The predicted molar refractivity (Wildman–Crippen MR) is 148 cm³/mol. The third-order valence-electron chi connectivity index (χ3n) is 5.96. The van der Waals surface area contributed by atoms with E-state index in [-0.39, 0.29) is 22.1 Å². The molecule has 5 rings (SSSR count). The monoisotopic (exact) mass is 544 g/mol. The molecule has 4 aromatic rings. The molecule has 2 N–H and O–H groups in total. The first-order valence-electron chi connectivity index (χ1n) is 11.8. The van der Waals surface area contributed by atoms with Gasteiger partial charge in [-0.15, -0.1) is 11.8 Å². The summed E-state index contributed by atoms with van der Waals surface area (Å²) < 4.78 is 27.6. The van der Waals surface area contributed by atoms with Crippen molar-refractivity contribution in [2.24, 2.45) is 0 Å². The average Bonchev–Trinajstić information content (AvgIpc) is 3.29. The molecule has 1 aromatic heterocycles. The van der Waals surface area contributed by atoms with Gasteiger partial charge in [-0.3, -0.25) is 19.3 Å². The molecule has 192 valence electrons. The van der Waals surface area contributed by atoms with Gasteiger partial charge in [-0.1, -0.05) is 42.5 Å². The van der Waals surface area contributed by atoms with E-state index in [1.807, 2.05) is 47.4 Å². The maximum Gasteiger partial charge on any atom is 0.261 e. The minimum atomic E-state index is -3.78. The Labute approximate surface area is 225 Å². The Hall–Kier alpha value is -4.15. The molecule has 2 amide bonds. The molecule has 1 aliphatic heterocycles. The fourth-order valence-electron chi connectivity index (χ4n) is 4.04. The molecule has 1 atom stereocenters. The first-order chi connectivity index (χ1) is 18.4. The molecule has 8 nitrogen and oxygen atoms in total. The Balaban J connectivity index is 1.23. The molecule has 3 aromatic carbocycles. The smallest absolute Gasteiger partial charge is 0.261 e. The Morgan fingerprint density at radius 1 is 0.921 bits per heavy atom. The van der Waals surface area contributed by atoms with Crippen LogP contribution in [0.15, 0.2) is 108 Å². The number of nitrogens with zero attached hydrogens (tertiary/aromatic N) is 2. The average molecular weight is 545 g/mol. The van der Waals surface area contributed by atoms with Crippen LogP contribution >= 0.6 is 11.8 Å². The lowest BCUT2D eigenvalue weighted by Crippen LogP contribution is -2.27. The van der Waals surface area contributed by atoms with Gasteiger partial charge in [-0.25, -0.2) is 8.42 Å². The number of hydrogen-bond donors (Lipinski definition) is 2. The van der Waals surface area contributed by atoms with E-state index in [1.54, 1.807) is 42.2 Å². The molecule has 1 fully saturated rings. The summed E-state index contributed by atoms with van der Waals surface area (Å²) in [6.07, 6.45) is 2.97. The number of pyridine rings is 1. The number of benzene rings is 3. The molecule has 38 heavy (non-hydrogen) atoms. The molecule has 1 aliphatic rings. The number of anilines is 2. The molecule has 2 heterocycles. The number of hydrogen-bond acceptors (Lipinski definition) is 6. The van der Waals surface area contributed by atoms with Gasteiger partial charge < -0.3 is 10.2 Å². The first kappa shape index (κ1) is 25.5. The van der Waals surface area contributed by atoms with Crippen molar-refractivity contribution >= 4 is 45.0 Å². The Morgan fingerprint density at radius 2 is 1.66 bits per heavy atom. The lowest BCUT2D eigenvalue weighted by molar-refractivity contribution is -0.128. The zero-order valence-electron chi connectivity index (χ0n) is 20.2. The van der Waals surface area contributed by atoms with Gasteiger partial charge in [0.15, 0.2) is 0 Å². The van der Waals surface area contributed by atoms with Gasteiger partial charge in [0, 0.05) is 24.0 Å². The quantitative estimate of drug-likeness (QED) is 0.326. The highest BCUT2D eigenvalue weighted by atomic mass is 32.2. The molecule has 0 spiro atoms. The molecule has 0 radical (unpaired) electrons. The van der Waals surface area contributed by atoms with Gasteiger partial charge in [0.25, 0.3) is 15.9 Å². The summed E-state index contributed by atoms with van der Waals surface area (Å²) in [5.41, 5.74) is 3.29. The normalized spacial score (nSPS) is 15.3. The number of nitrogens with one attached hydrogen (secondary N) is 2. The van der Waals surface area contributed by atoms with Crippen molar-refractivity contribution in [3.63, 3.8) is 0 Å². The SMILES string of the molecule is O=C(Nc1ccc(S(=O)(=O)Nc2cccnc2)cc1)c1ccc([C@@H]2SCC(=O)N2Cc2ccccc2)cc1. The van der Waals surface area contributed by atoms with Crippen LogP contribution in [0.2, 0.25) is 0 Å². The van der Waals surface area contributed by atoms with Crippen LogP contribution in [-0.4, -0.2) is 35.9 Å². The molecule has 0 saturated carbocycles.